The monoisotopic (exact) mass is 296 g/mol. The van der Waals surface area contributed by atoms with E-state index in [0.717, 1.165) is 23.1 Å². The Kier molecular flexibility index (Phi) is 5.10. The molecule has 0 radical (unpaired) electrons. The number of aromatic nitrogens is 2. The lowest BCUT2D eigenvalue weighted by Crippen LogP contribution is -2.04. The quantitative estimate of drug-likeness (QED) is 0.366. The summed E-state index contributed by atoms with van der Waals surface area (Å²) in [5.74, 6) is 1.64. The summed E-state index contributed by atoms with van der Waals surface area (Å²) in [5.41, 5.74) is 0.00451. The number of rotatable bonds is 7. The summed E-state index contributed by atoms with van der Waals surface area (Å²) in [4.78, 5) is 18.2. The van der Waals surface area contributed by atoms with Crippen molar-refractivity contribution in [3.8, 4) is 0 Å². The minimum atomic E-state index is -0.457. The van der Waals surface area contributed by atoms with Gasteiger partial charge in [-0.1, -0.05) is 11.8 Å². The van der Waals surface area contributed by atoms with Crippen LogP contribution in [0, 0.1) is 10.1 Å². The zero-order valence-corrected chi connectivity index (χ0v) is 11.6. The molecular weight excluding hydrogens is 284 g/mol. The van der Waals surface area contributed by atoms with Crippen LogP contribution in [0.3, 0.4) is 0 Å². The number of thioether (sulfide) groups is 1. The molecule has 8 heteroatoms. The van der Waals surface area contributed by atoms with E-state index in [-0.39, 0.29) is 5.69 Å². The molecule has 100 valence electrons. The largest absolute Gasteiger partial charge is 0.370 e. The Morgan fingerprint density at radius 2 is 2.32 bits per heavy atom. The highest BCUT2D eigenvalue weighted by molar-refractivity contribution is 8.00. The summed E-state index contributed by atoms with van der Waals surface area (Å²) in [6.07, 6.45) is 4.03. The lowest BCUT2D eigenvalue weighted by atomic mass is 10.4. The summed E-state index contributed by atoms with van der Waals surface area (Å²) in [5, 5.41) is 15.5. The van der Waals surface area contributed by atoms with Crippen LogP contribution < -0.4 is 5.32 Å². The van der Waals surface area contributed by atoms with Gasteiger partial charge in [-0.15, -0.1) is 11.3 Å². The molecule has 0 saturated carbocycles. The molecule has 19 heavy (non-hydrogen) atoms. The van der Waals surface area contributed by atoms with Crippen LogP contribution in [-0.2, 0) is 0 Å². The topological polar surface area (TPSA) is 81.0 Å². The molecule has 0 unspecified atom stereocenters. The van der Waals surface area contributed by atoms with E-state index in [1.807, 2.05) is 5.38 Å². The number of pyridine rings is 1. The Morgan fingerprint density at radius 1 is 1.42 bits per heavy atom. The second-order valence-corrected chi connectivity index (χ2v) is 5.82. The highest BCUT2D eigenvalue weighted by Crippen LogP contribution is 2.20. The standard InChI is InChI=1S/C11H12N4O2S2/c16-15(17)9-2-3-10(14-8-9)12-4-1-6-18-11-13-5-7-19-11/h2-3,5,7-8H,1,4,6H2,(H,12,14). The van der Waals surface area contributed by atoms with Crippen molar-refractivity contribution in [2.45, 2.75) is 10.8 Å². The van der Waals surface area contributed by atoms with Gasteiger partial charge in [0.05, 0.1) is 4.92 Å². The maximum atomic E-state index is 10.5. The van der Waals surface area contributed by atoms with Gasteiger partial charge in [-0.05, 0) is 12.5 Å². The molecule has 0 aliphatic rings. The molecule has 0 aromatic carbocycles. The van der Waals surface area contributed by atoms with Crippen LogP contribution >= 0.6 is 23.1 Å². The first-order chi connectivity index (χ1) is 9.25. The van der Waals surface area contributed by atoms with Crippen molar-refractivity contribution in [1.82, 2.24) is 9.97 Å². The van der Waals surface area contributed by atoms with E-state index in [1.165, 1.54) is 12.3 Å². The minimum Gasteiger partial charge on any atom is -0.370 e. The molecule has 0 fully saturated rings. The van der Waals surface area contributed by atoms with Crippen LogP contribution in [0.1, 0.15) is 6.42 Å². The summed E-state index contributed by atoms with van der Waals surface area (Å²) >= 11 is 3.36. The van der Waals surface area contributed by atoms with Gasteiger partial charge in [0, 0.05) is 29.9 Å². The number of anilines is 1. The normalized spacial score (nSPS) is 10.3. The van der Waals surface area contributed by atoms with E-state index in [0.29, 0.717) is 5.82 Å². The zero-order valence-electron chi connectivity index (χ0n) is 9.98. The van der Waals surface area contributed by atoms with Crippen LogP contribution in [0.4, 0.5) is 11.5 Å². The Morgan fingerprint density at radius 3 is 2.95 bits per heavy atom. The van der Waals surface area contributed by atoms with E-state index in [2.05, 4.69) is 15.3 Å². The molecule has 6 nitrogen and oxygen atoms in total. The van der Waals surface area contributed by atoms with Gasteiger partial charge in [-0.3, -0.25) is 10.1 Å². The Bertz CT molecular complexity index is 516. The maximum Gasteiger partial charge on any atom is 0.287 e. The van der Waals surface area contributed by atoms with E-state index in [4.69, 9.17) is 0 Å². The van der Waals surface area contributed by atoms with Gasteiger partial charge in [0.2, 0.25) is 0 Å². The van der Waals surface area contributed by atoms with Gasteiger partial charge in [-0.2, -0.15) is 0 Å². The first-order valence-corrected chi connectivity index (χ1v) is 7.49. The van der Waals surface area contributed by atoms with Crippen LogP contribution in [0.2, 0.25) is 0 Å². The van der Waals surface area contributed by atoms with Gasteiger partial charge in [-0.25, -0.2) is 9.97 Å². The average Bonchev–Trinajstić information content (AvgIpc) is 2.92. The van der Waals surface area contributed by atoms with Crippen molar-refractivity contribution < 1.29 is 4.92 Å². The van der Waals surface area contributed by atoms with Crippen molar-refractivity contribution in [2.75, 3.05) is 17.6 Å². The SMILES string of the molecule is O=[N+]([O-])c1ccc(NCCCSc2nccs2)nc1. The van der Waals surface area contributed by atoms with Gasteiger partial charge < -0.3 is 5.32 Å². The van der Waals surface area contributed by atoms with Crippen LogP contribution in [-0.4, -0.2) is 27.2 Å². The first kappa shape index (κ1) is 13.8. The van der Waals surface area contributed by atoms with Gasteiger partial charge in [0.25, 0.3) is 5.69 Å². The zero-order chi connectivity index (χ0) is 13.5. The number of nitro groups is 1. The maximum absolute atomic E-state index is 10.5. The van der Waals surface area contributed by atoms with Crippen LogP contribution in [0.5, 0.6) is 0 Å². The van der Waals surface area contributed by atoms with E-state index in [9.17, 15) is 10.1 Å². The van der Waals surface area contributed by atoms with E-state index < -0.39 is 4.92 Å². The molecule has 0 spiro atoms. The average molecular weight is 296 g/mol. The van der Waals surface area contributed by atoms with Crippen molar-refractivity contribution in [3.63, 3.8) is 0 Å². The molecule has 2 heterocycles. The third-order valence-corrected chi connectivity index (χ3v) is 4.27. The van der Waals surface area contributed by atoms with E-state index in [1.54, 1.807) is 35.4 Å². The third kappa shape index (κ3) is 4.49. The van der Waals surface area contributed by atoms with Gasteiger partial charge in [0.15, 0.2) is 0 Å². The van der Waals surface area contributed by atoms with Crippen molar-refractivity contribution in [1.29, 1.82) is 0 Å². The number of hydrogen-bond acceptors (Lipinski definition) is 7. The lowest BCUT2D eigenvalue weighted by Gasteiger charge is -2.04. The summed E-state index contributed by atoms with van der Waals surface area (Å²) in [6, 6.07) is 3.06. The highest BCUT2D eigenvalue weighted by Gasteiger charge is 2.04. The molecule has 2 aromatic heterocycles. The minimum absolute atomic E-state index is 0.00451. The number of thiazole rings is 1. The summed E-state index contributed by atoms with van der Waals surface area (Å²) < 4.78 is 1.08. The highest BCUT2D eigenvalue weighted by atomic mass is 32.2. The van der Waals surface area contributed by atoms with Crippen molar-refractivity contribution >= 4 is 34.6 Å². The third-order valence-electron chi connectivity index (χ3n) is 2.22. The molecule has 0 atom stereocenters. The number of hydrogen-bond donors (Lipinski definition) is 1. The molecule has 1 N–H and O–H groups in total. The Balaban J connectivity index is 1.66. The number of nitrogens with one attached hydrogen (secondary N) is 1. The fraction of sp³-hybridized carbons (Fsp3) is 0.273. The molecule has 0 aliphatic heterocycles. The van der Waals surface area contributed by atoms with Crippen molar-refractivity contribution in [2.24, 2.45) is 0 Å². The Labute approximate surface area is 118 Å². The predicted octanol–water partition coefficient (Wildman–Crippen LogP) is 3.04. The Hall–Kier alpha value is -1.67. The molecule has 0 saturated heterocycles. The van der Waals surface area contributed by atoms with E-state index >= 15 is 0 Å². The fourth-order valence-electron chi connectivity index (χ4n) is 1.33. The molecule has 2 rings (SSSR count). The lowest BCUT2D eigenvalue weighted by molar-refractivity contribution is -0.385. The molecule has 0 bridgehead atoms. The molecule has 0 aliphatic carbocycles. The number of nitrogens with zero attached hydrogens (tertiary/aromatic N) is 3. The smallest absolute Gasteiger partial charge is 0.287 e. The summed E-state index contributed by atoms with van der Waals surface area (Å²) in [6.45, 7) is 0.781. The molecular formula is C11H12N4O2S2. The molecule has 0 amide bonds. The van der Waals surface area contributed by atoms with Crippen LogP contribution in [0.15, 0.2) is 34.2 Å². The van der Waals surface area contributed by atoms with Crippen LogP contribution in [0.25, 0.3) is 0 Å². The van der Waals surface area contributed by atoms with Gasteiger partial charge >= 0.3 is 0 Å². The summed E-state index contributed by atoms with van der Waals surface area (Å²) in [7, 11) is 0. The fourth-order valence-corrected chi connectivity index (χ4v) is 2.98. The van der Waals surface area contributed by atoms with Crippen molar-refractivity contribution in [3.05, 3.63) is 40.0 Å². The predicted molar refractivity (Wildman–Crippen MR) is 76.8 cm³/mol. The molecule has 2 aromatic rings. The van der Waals surface area contributed by atoms with Gasteiger partial charge in [0.1, 0.15) is 16.4 Å². The second kappa shape index (κ2) is 7.05. The second-order valence-electron chi connectivity index (χ2n) is 3.59. The first-order valence-electron chi connectivity index (χ1n) is 5.62.